The number of nitrogens with zero attached hydrogens (tertiary/aromatic N) is 3. The number of nitrogen functional groups attached to an aromatic ring is 1. The first kappa shape index (κ1) is 15.8. The Morgan fingerprint density at radius 1 is 1.24 bits per heavy atom. The largest absolute Gasteiger partial charge is 0.416 e. The maximum atomic E-state index is 13.0. The normalized spacial score (nSPS) is 11.5. The Balaban J connectivity index is 2.35. The number of hydrogen-bond donors (Lipinski definition) is 1. The summed E-state index contributed by atoms with van der Waals surface area (Å²) in [7, 11) is 1.66. The molecule has 0 aliphatic carbocycles. The van der Waals surface area contributed by atoms with E-state index in [1.54, 1.807) is 18.0 Å². The van der Waals surface area contributed by atoms with Crippen molar-refractivity contribution in [3.63, 3.8) is 0 Å². The number of benzene rings is 1. The van der Waals surface area contributed by atoms with Gasteiger partial charge in [-0.05, 0) is 34.2 Å². The number of hydrogen-bond acceptors (Lipinski definition) is 4. The average Bonchev–Trinajstić information content (AvgIpc) is 2.37. The molecule has 1 aromatic carbocycles. The summed E-state index contributed by atoms with van der Waals surface area (Å²) in [6.45, 7) is 0.0588. The van der Waals surface area contributed by atoms with Crippen LogP contribution in [0.4, 0.5) is 24.7 Å². The van der Waals surface area contributed by atoms with Gasteiger partial charge in [-0.15, -0.1) is 0 Å². The van der Waals surface area contributed by atoms with Gasteiger partial charge in [0.2, 0.25) is 0 Å². The second kappa shape index (κ2) is 6.04. The molecule has 112 valence electrons. The van der Waals surface area contributed by atoms with Gasteiger partial charge >= 0.3 is 6.18 Å². The quantitative estimate of drug-likeness (QED) is 0.626. The molecule has 2 aromatic rings. The van der Waals surface area contributed by atoms with Crippen LogP contribution in [0.1, 0.15) is 11.1 Å². The molecule has 0 spiro atoms. The number of nitrogens with two attached hydrogens (primary N) is 1. The molecule has 0 saturated heterocycles. The van der Waals surface area contributed by atoms with Crippen LogP contribution in [0.25, 0.3) is 0 Å². The van der Waals surface area contributed by atoms with Crippen molar-refractivity contribution < 1.29 is 13.2 Å². The summed E-state index contributed by atoms with van der Waals surface area (Å²) in [5.41, 5.74) is 5.83. The molecule has 0 bridgehead atoms. The van der Waals surface area contributed by atoms with E-state index < -0.39 is 11.7 Å². The van der Waals surface area contributed by atoms with Gasteiger partial charge < -0.3 is 10.6 Å². The first-order chi connectivity index (χ1) is 9.80. The highest BCUT2D eigenvalue weighted by atomic mass is 127. The van der Waals surface area contributed by atoms with Crippen molar-refractivity contribution >= 4 is 34.1 Å². The highest BCUT2D eigenvalue weighted by Crippen LogP contribution is 2.33. The topological polar surface area (TPSA) is 55.0 Å². The fraction of sp³-hybridized carbons (Fsp3) is 0.231. The van der Waals surface area contributed by atoms with E-state index in [0.717, 1.165) is 6.07 Å². The predicted octanol–water partition coefficient (Wildman–Crippen LogP) is 3.32. The summed E-state index contributed by atoms with van der Waals surface area (Å²) in [5.74, 6) is 0.237. The first-order valence-corrected chi connectivity index (χ1v) is 7.00. The zero-order valence-electron chi connectivity index (χ0n) is 11.0. The van der Waals surface area contributed by atoms with Crippen LogP contribution >= 0.6 is 22.6 Å². The molecular weight excluding hydrogens is 396 g/mol. The lowest BCUT2D eigenvalue weighted by Gasteiger charge is -2.23. The third kappa shape index (κ3) is 3.55. The van der Waals surface area contributed by atoms with Gasteiger partial charge in [-0.2, -0.15) is 13.2 Å². The minimum absolute atomic E-state index is 0.0588. The van der Waals surface area contributed by atoms with Gasteiger partial charge in [0.1, 0.15) is 15.7 Å². The molecule has 4 nitrogen and oxygen atoms in total. The van der Waals surface area contributed by atoms with Gasteiger partial charge in [0.05, 0.1) is 5.56 Å². The van der Waals surface area contributed by atoms with Gasteiger partial charge in [0, 0.05) is 13.6 Å². The standard InChI is InChI=1S/C13H12F3IN4/c1-21(10-11(17)19-7-20-12(10)18)6-8-4-2-3-5-9(8)13(14,15)16/h2-5,7H,6H2,1H3,(H2,18,19,20). The summed E-state index contributed by atoms with van der Waals surface area (Å²) >= 11 is 1.97. The van der Waals surface area contributed by atoms with E-state index in [2.05, 4.69) is 9.97 Å². The lowest BCUT2D eigenvalue weighted by molar-refractivity contribution is -0.138. The molecule has 0 fully saturated rings. The molecule has 2 N–H and O–H groups in total. The van der Waals surface area contributed by atoms with Crippen LogP contribution in [-0.4, -0.2) is 17.0 Å². The predicted molar refractivity (Wildman–Crippen MR) is 82.7 cm³/mol. The van der Waals surface area contributed by atoms with E-state index in [9.17, 15) is 13.2 Å². The Bertz CT molecular complexity index is 625. The van der Waals surface area contributed by atoms with E-state index in [1.807, 2.05) is 22.6 Å². The van der Waals surface area contributed by atoms with Gasteiger partial charge in [-0.25, -0.2) is 9.97 Å². The summed E-state index contributed by atoms with van der Waals surface area (Å²) < 4.78 is 39.6. The fourth-order valence-electron chi connectivity index (χ4n) is 1.99. The maximum absolute atomic E-state index is 13.0. The van der Waals surface area contributed by atoms with Crippen molar-refractivity contribution in [2.24, 2.45) is 0 Å². The lowest BCUT2D eigenvalue weighted by Crippen LogP contribution is -2.22. The third-order valence-corrected chi connectivity index (χ3v) is 3.71. The monoisotopic (exact) mass is 408 g/mol. The minimum atomic E-state index is -4.39. The third-order valence-electron chi connectivity index (χ3n) is 2.92. The Hall–Kier alpha value is -1.58. The Morgan fingerprint density at radius 3 is 2.52 bits per heavy atom. The van der Waals surface area contributed by atoms with E-state index in [4.69, 9.17) is 5.73 Å². The van der Waals surface area contributed by atoms with Crippen LogP contribution in [0, 0.1) is 3.70 Å². The zero-order chi connectivity index (χ0) is 15.6. The Morgan fingerprint density at radius 2 is 1.90 bits per heavy atom. The smallest absolute Gasteiger partial charge is 0.382 e. The van der Waals surface area contributed by atoms with Crippen molar-refractivity contribution in [3.8, 4) is 0 Å². The fourth-order valence-corrected chi connectivity index (χ4v) is 2.80. The van der Waals surface area contributed by atoms with Gasteiger partial charge in [-0.1, -0.05) is 18.2 Å². The van der Waals surface area contributed by atoms with Crippen LogP contribution in [0.5, 0.6) is 0 Å². The number of aromatic nitrogens is 2. The van der Waals surface area contributed by atoms with Crippen LogP contribution in [0.2, 0.25) is 0 Å². The highest BCUT2D eigenvalue weighted by Gasteiger charge is 2.33. The van der Waals surface area contributed by atoms with Crippen molar-refractivity contribution in [2.45, 2.75) is 12.7 Å². The van der Waals surface area contributed by atoms with Gasteiger partial charge in [0.25, 0.3) is 0 Å². The second-order valence-corrected chi connectivity index (χ2v) is 5.43. The van der Waals surface area contributed by atoms with E-state index in [1.165, 1.54) is 18.5 Å². The average molecular weight is 408 g/mol. The molecule has 0 aliphatic heterocycles. The van der Waals surface area contributed by atoms with Crippen LogP contribution in [0.15, 0.2) is 30.6 Å². The summed E-state index contributed by atoms with van der Waals surface area (Å²) in [6.07, 6.45) is -3.07. The number of anilines is 2. The molecule has 1 aromatic heterocycles. The molecule has 0 amide bonds. The summed E-state index contributed by atoms with van der Waals surface area (Å²) in [5, 5.41) is 0. The molecule has 0 unspecified atom stereocenters. The van der Waals surface area contributed by atoms with Crippen LogP contribution < -0.4 is 10.6 Å². The number of halogens is 4. The zero-order valence-corrected chi connectivity index (χ0v) is 13.2. The molecule has 0 aliphatic rings. The molecule has 0 saturated carbocycles. The van der Waals surface area contributed by atoms with Crippen molar-refractivity contribution in [1.82, 2.24) is 9.97 Å². The van der Waals surface area contributed by atoms with Crippen molar-refractivity contribution in [1.29, 1.82) is 0 Å². The Kier molecular flexibility index (Phi) is 4.55. The van der Waals surface area contributed by atoms with E-state index in [-0.39, 0.29) is 17.9 Å². The minimum Gasteiger partial charge on any atom is -0.382 e. The lowest BCUT2D eigenvalue weighted by atomic mass is 10.1. The van der Waals surface area contributed by atoms with Gasteiger partial charge in [0.15, 0.2) is 5.82 Å². The molecule has 21 heavy (non-hydrogen) atoms. The van der Waals surface area contributed by atoms with Crippen LogP contribution in [-0.2, 0) is 12.7 Å². The summed E-state index contributed by atoms with van der Waals surface area (Å²) in [6, 6.07) is 5.47. The van der Waals surface area contributed by atoms with E-state index in [0.29, 0.717) is 9.39 Å². The first-order valence-electron chi connectivity index (χ1n) is 5.93. The number of rotatable bonds is 3. The van der Waals surface area contributed by atoms with Crippen LogP contribution in [0.3, 0.4) is 0 Å². The maximum Gasteiger partial charge on any atom is 0.416 e. The molecule has 1 heterocycles. The number of alkyl halides is 3. The molecule has 8 heteroatoms. The summed E-state index contributed by atoms with van der Waals surface area (Å²) in [4.78, 5) is 9.49. The van der Waals surface area contributed by atoms with Crippen molar-refractivity contribution in [3.05, 3.63) is 45.4 Å². The van der Waals surface area contributed by atoms with Gasteiger partial charge in [-0.3, -0.25) is 0 Å². The molecule has 0 atom stereocenters. The SMILES string of the molecule is CN(Cc1ccccc1C(F)(F)F)c1c(N)ncnc1I. The molecule has 0 radical (unpaired) electrons. The molecule has 2 rings (SSSR count). The highest BCUT2D eigenvalue weighted by molar-refractivity contribution is 14.1. The van der Waals surface area contributed by atoms with E-state index >= 15 is 0 Å². The molecular formula is C13H12F3IN4. The second-order valence-electron chi connectivity index (χ2n) is 4.41. The Labute approximate surface area is 133 Å². The van der Waals surface area contributed by atoms with Crippen molar-refractivity contribution in [2.75, 3.05) is 17.7 Å².